The molecule has 0 spiro atoms. The number of benzene rings is 1. The van der Waals surface area contributed by atoms with Crippen LogP contribution in [0.3, 0.4) is 0 Å². The third-order valence-electron chi connectivity index (χ3n) is 3.74. The van der Waals surface area contributed by atoms with Crippen LogP contribution in [0.15, 0.2) is 47.6 Å². The highest BCUT2D eigenvalue weighted by atomic mass is 32.2. The molecule has 0 fully saturated rings. The van der Waals surface area contributed by atoms with Crippen molar-refractivity contribution in [3.05, 3.63) is 48.3 Å². The first-order valence-corrected chi connectivity index (χ1v) is 9.86. The van der Waals surface area contributed by atoms with Gasteiger partial charge in [0.2, 0.25) is 0 Å². The van der Waals surface area contributed by atoms with Gasteiger partial charge in [0.25, 0.3) is 15.9 Å². The standard InChI is InChI=1S/C18H23N3O4S/c1-4-13(3)20-18(22)14-8-6-7-9-17(14)26(23,24)21-15-12-19-11-10-16(15)25-5-2/h6-13,21H,4-5H2,1-3H3,(H,20,22). The Labute approximate surface area is 153 Å². The molecule has 140 valence electrons. The first-order valence-electron chi connectivity index (χ1n) is 8.38. The monoisotopic (exact) mass is 377 g/mol. The number of sulfonamides is 1. The van der Waals surface area contributed by atoms with Crippen molar-refractivity contribution in [2.24, 2.45) is 0 Å². The zero-order chi connectivity index (χ0) is 19.2. The molecule has 1 aromatic carbocycles. The first kappa shape index (κ1) is 19.7. The maximum atomic E-state index is 12.9. The third kappa shape index (κ3) is 4.72. The van der Waals surface area contributed by atoms with E-state index < -0.39 is 15.9 Å². The van der Waals surface area contributed by atoms with Crippen LogP contribution in [0.5, 0.6) is 5.75 Å². The third-order valence-corrected chi connectivity index (χ3v) is 5.16. The normalized spacial score (nSPS) is 12.3. The van der Waals surface area contributed by atoms with Crippen molar-refractivity contribution in [2.45, 2.75) is 38.1 Å². The quantitative estimate of drug-likeness (QED) is 0.737. The number of hydrogen-bond donors (Lipinski definition) is 2. The molecule has 0 aliphatic carbocycles. The minimum Gasteiger partial charge on any atom is -0.492 e. The molecule has 2 N–H and O–H groups in total. The number of ether oxygens (including phenoxy) is 1. The molecule has 1 unspecified atom stereocenters. The maximum Gasteiger partial charge on any atom is 0.262 e. The van der Waals surface area contributed by atoms with E-state index in [9.17, 15) is 13.2 Å². The molecule has 26 heavy (non-hydrogen) atoms. The largest absolute Gasteiger partial charge is 0.492 e. The molecule has 2 rings (SSSR count). The van der Waals surface area contributed by atoms with Gasteiger partial charge >= 0.3 is 0 Å². The van der Waals surface area contributed by atoms with E-state index in [0.29, 0.717) is 12.4 Å². The summed E-state index contributed by atoms with van der Waals surface area (Å²) in [7, 11) is -4.00. The molecular weight excluding hydrogens is 354 g/mol. The predicted molar refractivity (Wildman–Crippen MR) is 99.9 cm³/mol. The number of hydrogen-bond acceptors (Lipinski definition) is 5. The van der Waals surface area contributed by atoms with Gasteiger partial charge in [0.1, 0.15) is 16.3 Å². The van der Waals surface area contributed by atoms with Gasteiger partial charge in [-0.25, -0.2) is 8.42 Å². The average Bonchev–Trinajstić information content (AvgIpc) is 2.63. The van der Waals surface area contributed by atoms with Crippen LogP contribution in [-0.2, 0) is 10.0 Å². The molecular formula is C18H23N3O4S. The smallest absolute Gasteiger partial charge is 0.262 e. The van der Waals surface area contributed by atoms with Crippen molar-refractivity contribution in [3.63, 3.8) is 0 Å². The lowest BCUT2D eigenvalue weighted by molar-refractivity contribution is 0.0936. The molecule has 7 nitrogen and oxygen atoms in total. The highest BCUT2D eigenvalue weighted by molar-refractivity contribution is 7.92. The Kier molecular flexibility index (Phi) is 6.57. The molecule has 1 aromatic heterocycles. The van der Waals surface area contributed by atoms with E-state index in [1.54, 1.807) is 25.1 Å². The second-order valence-corrected chi connectivity index (χ2v) is 7.34. The van der Waals surface area contributed by atoms with Crippen LogP contribution in [-0.4, -0.2) is 32.0 Å². The summed E-state index contributed by atoms with van der Waals surface area (Å²) in [4.78, 5) is 16.3. The zero-order valence-corrected chi connectivity index (χ0v) is 15.8. The van der Waals surface area contributed by atoms with Crippen molar-refractivity contribution in [1.82, 2.24) is 10.3 Å². The summed E-state index contributed by atoms with van der Waals surface area (Å²) in [6, 6.07) is 7.59. The first-order chi connectivity index (χ1) is 12.4. The van der Waals surface area contributed by atoms with Gasteiger partial charge in [-0.3, -0.25) is 14.5 Å². The van der Waals surface area contributed by atoms with Gasteiger partial charge in [-0.1, -0.05) is 19.1 Å². The number of amides is 1. The average molecular weight is 377 g/mol. The minimum absolute atomic E-state index is 0.0610. The molecule has 1 heterocycles. The van der Waals surface area contributed by atoms with Crippen LogP contribution in [0.25, 0.3) is 0 Å². The van der Waals surface area contributed by atoms with Crippen molar-refractivity contribution >= 4 is 21.6 Å². The maximum absolute atomic E-state index is 12.9. The summed E-state index contributed by atoms with van der Waals surface area (Å²) < 4.78 is 33.6. The van der Waals surface area contributed by atoms with Crippen molar-refractivity contribution < 1.29 is 17.9 Å². The Balaban J connectivity index is 2.37. The van der Waals surface area contributed by atoms with Gasteiger partial charge in [-0.15, -0.1) is 0 Å². The summed E-state index contributed by atoms with van der Waals surface area (Å²) in [6.45, 7) is 5.98. The lowest BCUT2D eigenvalue weighted by atomic mass is 10.2. The number of anilines is 1. The summed E-state index contributed by atoms with van der Waals surface area (Å²) in [6.07, 6.45) is 3.62. The molecule has 0 bridgehead atoms. The molecule has 2 aromatic rings. The van der Waals surface area contributed by atoms with Crippen LogP contribution < -0.4 is 14.8 Å². The van der Waals surface area contributed by atoms with Crippen molar-refractivity contribution in [2.75, 3.05) is 11.3 Å². The molecule has 0 aliphatic heterocycles. The van der Waals surface area contributed by atoms with Crippen LogP contribution in [0.2, 0.25) is 0 Å². The van der Waals surface area contributed by atoms with E-state index in [0.717, 1.165) is 6.42 Å². The number of carbonyl (C=O) groups excluding carboxylic acids is 1. The predicted octanol–water partition coefficient (Wildman–Crippen LogP) is 2.81. The minimum atomic E-state index is -4.00. The number of nitrogens with zero attached hydrogens (tertiary/aromatic N) is 1. The van der Waals surface area contributed by atoms with E-state index in [1.807, 2.05) is 13.8 Å². The lowest BCUT2D eigenvalue weighted by Gasteiger charge is -2.16. The van der Waals surface area contributed by atoms with Crippen LogP contribution >= 0.6 is 0 Å². The fraction of sp³-hybridized carbons (Fsp3) is 0.333. The van der Waals surface area contributed by atoms with E-state index in [2.05, 4.69) is 15.0 Å². The van der Waals surface area contributed by atoms with Gasteiger partial charge in [0, 0.05) is 18.3 Å². The Bertz CT molecular complexity index is 868. The second kappa shape index (κ2) is 8.66. The molecule has 1 atom stereocenters. The topological polar surface area (TPSA) is 97.4 Å². The number of carbonyl (C=O) groups is 1. The number of rotatable bonds is 8. The molecule has 0 aliphatic rings. The lowest BCUT2D eigenvalue weighted by Crippen LogP contribution is -2.33. The fourth-order valence-electron chi connectivity index (χ4n) is 2.23. The number of nitrogens with one attached hydrogen (secondary N) is 2. The Hall–Kier alpha value is -2.61. The summed E-state index contributed by atoms with van der Waals surface area (Å²) in [5.41, 5.74) is 0.300. The fourth-order valence-corrected chi connectivity index (χ4v) is 3.49. The number of aromatic nitrogens is 1. The van der Waals surface area contributed by atoms with Crippen molar-refractivity contribution in [1.29, 1.82) is 0 Å². The molecule has 8 heteroatoms. The molecule has 0 saturated carbocycles. The van der Waals surface area contributed by atoms with Crippen LogP contribution in [0.1, 0.15) is 37.6 Å². The van der Waals surface area contributed by atoms with Gasteiger partial charge in [0.05, 0.1) is 18.4 Å². The summed E-state index contributed by atoms with van der Waals surface area (Å²) in [5, 5.41) is 2.79. The summed E-state index contributed by atoms with van der Waals surface area (Å²) in [5.74, 6) is -0.0656. The van der Waals surface area contributed by atoms with Crippen LogP contribution in [0, 0.1) is 0 Å². The van der Waals surface area contributed by atoms with Gasteiger partial charge < -0.3 is 10.1 Å². The van der Waals surface area contributed by atoms with E-state index in [-0.39, 0.29) is 22.2 Å². The zero-order valence-electron chi connectivity index (χ0n) is 15.0. The van der Waals surface area contributed by atoms with E-state index in [1.165, 1.54) is 24.5 Å². The molecule has 1 amide bonds. The van der Waals surface area contributed by atoms with Crippen molar-refractivity contribution in [3.8, 4) is 5.75 Å². The number of pyridine rings is 1. The second-order valence-electron chi connectivity index (χ2n) is 5.69. The van der Waals surface area contributed by atoms with Gasteiger partial charge in [0.15, 0.2) is 0 Å². The highest BCUT2D eigenvalue weighted by Crippen LogP contribution is 2.26. The molecule has 0 radical (unpaired) electrons. The van der Waals surface area contributed by atoms with Gasteiger partial charge in [-0.2, -0.15) is 0 Å². The summed E-state index contributed by atoms with van der Waals surface area (Å²) >= 11 is 0. The highest BCUT2D eigenvalue weighted by Gasteiger charge is 2.24. The van der Waals surface area contributed by atoms with Gasteiger partial charge in [-0.05, 0) is 32.4 Å². The van der Waals surface area contributed by atoms with Crippen LogP contribution in [0.4, 0.5) is 5.69 Å². The Morgan fingerprint density at radius 2 is 1.96 bits per heavy atom. The van der Waals surface area contributed by atoms with E-state index in [4.69, 9.17) is 4.74 Å². The Morgan fingerprint density at radius 3 is 2.65 bits per heavy atom. The molecule has 0 saturated heterocycles. The van der Waals surface area contributed by atoms with E-state index >= 15 is 0 Å². The Morgan fingerprint density at radius 1 is 1.23 bits per heavy atom. The SMILES string of the molecule is CCOc1ccncc1NS(=O)(=O)c1ccccc1C(=O)NC(C)CC.